The first kappa shape index (κ1) is 25.4. The van der Waals surface area contributed by atoms with Gasteiger partial charge in [-0.05, 0) is 94.1 Å². The molecule has 1 fully saturated rings. The third kappa shape index (κ3) is 8.30. The molecule has 2 N–H and O–H groups in total. The van der Waals surface area contributed by atoms with Crippen LogP contribution in [0.2, 0.25) is 0 Å². The van der Waals surface area contributed by atoms with E-state index in [2.05, 4.69) is 20.7 Å². The number of nitrogens with zero attached hydrogens (tertiary/aromatic N) is 2. The highest BCUT2D eigenvalue weighted by molar-refractivity contribution is 5.94. The molecule has 0 saturated carbocycles. The summed E-state index contributed by atoms with van der Waals surface area (Å²) in [5.41, 5.74) is 4.30. The van der Waals surface area contributed by atoms with E-state index in [1.807, 2.05) is 49.4 Å². The van der Waals surface area contributed by atoms with Gasteiger partial charge in [0.05, 0.1) is 18.9 Å². The zero-order valence-corrected chi connectivity index (χ0v) is 20.0. The second kappa shape index (κ2) is 14.2. The normalized spacial score (nSPS) is 15.1. The number of nitrogens with one attached hydrogen (secondary N) is 2. The van der Waals surface area contributed by atoms with Gasteiger partial charge in [0.1, 0.15) is 5.75 Å². The Morgan fingerprint density at radius 2 is 1.76 bits per heavy atom. The van der Waals surface area contributed by atoms with Crippen LogP contribution in [0.4, 0.5) is 0 Å². The molecule has 1 aliphatic rings. The molecule has 1 saturated heterocycles. The predicted octanol–water partition coefficient (Wildman–Crippen LogP) is 3.99. The van der Waals surface area contributed by atoms with Crippen molar-refractivity contribution >= 4 is 18.0 Å². The lowest BCUT2D eigenvalue weighted by molar-refractivity contribution is -0.127. The molecule has 7 nitrogen and oxygen atoms in total. The highest BCUT2D eigenvalue weighted by Crippen LogP contribution is 2.17. The molecule has 1 heterocycles. The Bertz CT molecular complexity index is 909. The van der Waals surface area contributed by atoms with Gasteiger partial charge in [-0.3, -0.25) is 14.5 Å². The van der Waals surface area contributed by atoms with Crippen LogP contribution >= 0.6 is 0 Å². The molecule has 0 unspecified atom stereocenters. The number of hydrogen-bond donors (Lipinski definition) is 2. The number of likely N-dealkylation sites (tertiary alicyclic amines) is 1. The number of unbranched alkanes of at least 4 members (excludes halogenated alkanes) is 1. The van der Waals surface area contributed by atoms with Gasteiger partial charge in [0.2, 0.25) is 0 Å². The number of benzene rings is 2. The molecule has 0 aromatic heterocycles. The number of hydrogen-bond acceptors (Lipinski definition) is 5. The van der Waals surface area contributed by atoms with E-state index in [4.69, 9.17) is 4.74 Å². The number of hydrazone groups is 1. The topological polar surface area (TPSA) is 83.0 Å². The average Bonchev–Trinajstić information content (AvgIpc) is 2.88. The largest absolute Gasteiger partial charge is 0.494 e. The molecule has 34 heavy (non-hydrogen) atoms. The fraction of sp³-hybridized carbons (Fsp3) is 0.444. The summed E-state index contributed by atoms with van der Waals surface area (Å²) in [6.07, 6.45) is 7.52. The molecule has 7 heteroatoms. The van der Waals surface area contributed by atoms with Crippen LogP contribution in [0.5, 0.6) is 5.75 Å². The average molecular weight is 465 g/mol. The molecular formula is C27H36N4O3. The van der Waals surface area contributed by atoms with E-state index in [0.717, 1.165) is 56.5 Å². The van der Waals surface area contributed by atoms with E-state index in [1.165, 1.54) is 6.42 Å². The molecule has 0 spiro atoms. The lowest BCUT2D eigenvalue weighted by atomic mass is 10.0. The Kier molecular flexibility index (Phi) is 10.6. The van der Waals surface area contributed by atoms with E-state index in [1.54, 1.807) is 18.3 Å². The Morgan fingerprint density at radius 3 is 2.47 bits per heavy atom. The fourth-order valence-corrected chi connectivity index (χ4v) is 4.13. The van der Waals surface area contributed by atoms with Crippen LogP contribution in [0.3, 0.4) is 0 Å². The molecular weight excluding hydrogens is 428 g/mol. The Morgan fingerprint density at radius 1 is 1.03 bits per heavy atom. The molecule has 2 aromatic carbocycles. The zero-order valence-electron chi connectivity index (χ0n) is 20.0. The van der Waals surface area contributed by atoms with E-state index in [9.17, 15) is 9.59 Å². The Labute approximate surface area is 202 Å². The van der Waals surface area contributed by atoms with Gasteiger partial charge in [-0.2, -0.15) is 5.10 Å². The van der Waals surface area contributed by atoms with Crippen LogP contribution in [-0.2, 0) is 4.79 Å². The number of carbonyl (C=O) groups excluding carboxylic acids is 2. The summed E-state index contributed by atoms with van der Waals surface area (Å²) >= 11 is 0. The first-order valence-electron chi connectivity index (χ1n) is 12.3. The fourth-order valence-electron chi connectivity index (χ4n) is 4.13. The highest BCUT2D eigenvalue weighted by atomic mass is 16.5. The lowest BCUT2D eigenvalue weighted by Crippen LogP contribution is -2.47. The van der Waals surface area contributed by atoms with Crippen molar-refractivity contribution in [2.24, 2.45) is 5.10 Å². The van der Waals surface area contributed by atoms with Gasteiger partial charge in [-0.15, -0.1) is 0 Å². The third-order valence-electron chi connectivity index (χ3n) is 5.94. The van der Waals surface area contributed by atoms with Crippen molar-refractivity contribution in [2.75, 3.05) is 26.2 Å². The van der Waals surface area contributed by atoms with E-state index in [0.29, 0.717) is 18.7 Å². The first-order valence-corrected chi connectivity index (χ1v) is 12.3. The molecule has 0 radical (unpaired) electrons. The summed E-state index contributed by atoms with van der Waals surface area (Å²) in [6.45, 7) is 5.04. The maximum atomic E-state index is 13.0. The minimum absolute atomic E-state index is 0.0606. The molecule has 0 bridgehead atoms. The van der Waals surface area contributed by atoms with E-state index in [-0.39, 0.29) is 17.9 Å². The second-order valence-electron chi connectivity index (χ2n) is 8.47. The number of ether oxygens (including phenoxy) is 1. The molecule has 3 rings (SSSR count). The van der Waals surface area contributed by atoms with Crippen LogP contribution in [0.1, 0.15) is 61.4 Å². The quantitative estimate of drug-likeness (QED) is 0.283. The lowest BCUT2D eigenvalue weighted by Gasteiger charge is -2.33. The first-order chi connectivity index (χ1) is 16.7. The zero-order chi connectivity index (χ0) is 24.0. The number of carbonyl (C=O) groups is 2. The molecule has 182 valence electrons. The summed E-state index contributed by atoms with van der Waals surface area (Å²) in [7, 11) is 0. The Hall–Kier alpha value is -3.19. The third-order valence-corrected chi connectivity index (χ3v) is 5.94. The van der Waals surface area contributed by atoms with Crippen LogP contribution in [0.25, 0.3) is 0 Å². The predicted molar refractivity (Wildman–Crippen MR) is 135 cm³/mol. The molecule has 1 aliphatic heterocycles. The number of amides is 2. The van der Waals surface area contributed by atoms with Gasteiger partial charge in [0.25, 0.3) is 11.8 Å². The van der Waals surface area contributed by atoms with Crippen molar-refractivity contribution < 1.29 is 14.3 Å². The monoisotopic (exact) mass is 464 g/mol. The maximum Gasteiger partial charge on any atom is 0.257 e. The smallest absolute Gasteiger partial charge is 0.257 e. The van der Waals surface area contributed by atoms with Crippen LogP contribution in [0.15, 0.2) is 59.7 Å². The minimum Gasteiger partial charge on any atom is -0.494 e. The van der Waals surface area contributed by atoms with Gasteiger partial charge in [-0.25, -0.2) is 5.43 Å². The van der Waals surface area contributed by atoms with Gasteiger partial charge < -0.3 is 10.1 Å². The van der Waals surface area contributed by atoms with Crippen molar-refractivity contribution in [3.63, 3.8) is 0 Å². The van der Waals surface area contributed by atoms with Crippen molar-refractivity contribution in [1.82, 2.24) is 15.6 Å². The SMILES string of the molecule is CCOc1ccc(/C=N/NC(=O)[C@@H](CCCCNC(=O)c2ccccc2)N2CCCCC2)cc1. The molecule has 1 atom stereocenters. The summed E-state index contributed by atoms with van der Waals surface area (Å²) in [5, 5.41) is 7.15. The van der Waals surface area contributed by atoms with Crippen molar-refractivity contribution in [3.8, 4) is 5.75 Å². The second-order valence-corrected chi connectivity index (χ2v) is 8.47. The van der Waals surface area contributed by atoms with Crippen molar-refractivity contribution in [1.29, 1.82) is 0 Å². The van der Waals surface area contributed by atoms with Gasteiger partial charge >= 0.3 is 0 Å². The van der Waals surface area contributed by atoms with Crippen molar-refractivity contribution in [2.45, 2.75) is 51.5 Å². The van der Waals surface area contributed by atoms with Crippen LogP contribution in [0, 0.1) is 0 Å². The summed E-state index contributed by atoms with van der Waals surface area (Å²) < 4.78 is 5.45. The highest BCUT2D eigenvalue weighted by Gasteiger charge is 2.26. The standard InChI is InChI=1S/C27H36N4O3/c1-2-34-24-16-14-22(15-17-24)21-29-30-27(33)25(31-19-9-4-10-20-31)13-7-8-18-28-26(32)23-11-5-3-6-12-23/h3,5-6,11-12,14-17,21,25H,2,4,7-10,13,18-20H2,1H3,(H,28,32)(H,30,33)/b29-21+/t25-/m1/s1. The summed E-state index contributed by atoms with van der Waals surface area (Å²) in [6, 6.07) is 16.6. The van der Waals surface area contributed by atoms with E-state index < -0.39 is 0 Å². The van der Waals surface area contributed by atoms with Crippen LogP contribution in [-0.4, -0.2) is 55.2 Å². The molecule has 2 aromatic rings. The van der Waals surface area contributed by atoms with Crippen molar-refractivity contribution in [3.05, 3.63) is 65.7 Å². The summed E-state index contributed by atoms with van der Waals surface area (Å²) in [5.74, 6) is 0.681. The Balaban J connectivity index is 1.47. The van der Waals surface area contributed by atoms with E-state index >= 15 is 0 Å². The van der Waals surface area contributed by atoms with Crippen LogP contribution < -0.4 is 15.5 Å². The number of rotatable bonds is 12. The maximum absolute atomic E-state index is 13.0. The minimum atomic E-state index is -0.206. The van der Waals surface area contributed by atoms with Gasteiger partial charge in [-0.1, -0.05) is 24.6 Å². The molecule has 0 aliphatic carbocycles. The van der Waals surface area contributed by atoms with Gasteiger partial charge in [0, 0.05) is 12.1 Å². The number of piperidine rings is 1. The van der Waals surface area contributed by atoms with Gasteiger partial charge in [0.15, 0.2) is 0 Å². The summed E-state index contributed by atoms with van der Waals surface area (Å²) in [4.78, 5) is 27.4. The molecule has 2 amide bonds.